The van der Waals surface area contributed by atoms with Crippen molar-refractivity contribution in [3.05, 3.63) is 29.8 Å². The molecule has 0 aliphatic carbocycles. The van der Waals surface area contributed by atoms with Crippen LogP contribution in [0, 0.1) is 11.6 Å². The average Bonchev–Trinajstić information content (AvgIpc) is 2.29. The first-order valence-corrected chi connectivity index (χ1v) is 5.23. The van der Waals surface area contributed by atoms with Gasteiger partial charge in [0.05, 0.1) is 6.54 Å². The number of carbonyl (C=O) groups is 2. The summed E-state index contributed by atoms with van der Waals surface area (Å²) in [5.74, 6) is -2.80. The molecule has 0 radical (unpaired) electrons. The average molecular weight is 257 g/mol. The molecule has 0 aromatic heterocycles. The molecule has 0 aliphatic heterocycles. The Morgan fingerprint density at radius 2 is 1.83 bits per heavy atom. The number of nitrogens with two attached hydrogens (primary N) is 1. The molecule has 0 aliphatic rings. The van der Waals surface area contributed by atoms with Crippen molar-refractivity contribution in [1.29, 1.82) is 0 Å². The topological polar surface area (TPSA) is 84.2 Å². The minimum absolute atomic E-state index is 0.0847. The molecule has 0 spiro atoms. The summed E-state index contributed by atoms with van der Waals surface area (Å²) in [6.45, 7) is 0.0591. The lowest BCUT2D eigenvalue weighted by Crippen LogP contribution is -2.31. The van der Waals surface area contributed by atoms with Gasteiger partial charge in [0.2, 0.25) is 11.8 Å². The van der Waals surface area contributed by atoms with Crippen LogP contribution in [0.15, 0.2) is 18.2 Å². The molecule has 5 nitrogen and oxygen atoms in total. The van der Waals surface area contributed by atoms with Crippen LogP contribution in [-0.2, 0) is 9.59 Å². The maximum Gasteiger partial charge on any atom is 0.238 e. The molecule has 4 N–H and O–H groups in total. The smallest absolute Gasteiger partial charge is 0.238 e. The van der Waals surface area contributed by atoms with Crippen LogP contribution >= 0.6 is 0 Å². The van der Waals surface area contributed by atoms with Crippen molar-refractivity contribution in [2.24, 2.45) is 5.73 Å². The molecule has 7 heteroatoms. The van der Waals surface area contributed by atoms with Gasteiger partial charge in [-0.2, -0.15) is 0 Å². The molecule has 0 atom stereocenters. The highest BCUT2D eigenvalue weighted by Gasteiger charge is 2.11. The number of para-hydroxylation sites is 1. The highest BCUT2D eigenvalue weighted by molar-refractivity contribution is 5.92. The third kappa shape index (κ3) is 4.46. The van der Waals surface area contributed by atoms with E-state index in [2.05, 4.69) is 10.6 Å². The number of hydrogen-bond acceptors (Lipinski definition) is 3. The minimum atomic E-state index is -0.847. The second-order valence-electron chi connectivity index (χ2n) is 3.54. The Balaban J connectivity index is 2.43. The zero-order valence-electron chi connectivity index (χ0n) is 9.50. The maximum atomic E-state index is 13.2. The van der Waals surface area contributed by atoms with Crippen LogP contribution < -0.4 is 16.4 Å². The standard InChI is InChI=1S/C11H13F2N3O2/c12-7-2-1-3-8(13)11(7)16-10(18)6-15-5-4-9(14)17/h1-3,15H,4-6H2,(H2,14,17)(H,16,18). The van der Waals surface area contributed by atoms with Gasteiger partial charge in [0, 0.05) is 13.0 Å². The first kappa shape index (κ1) is 14.0. The van der Waals surface area contributed by atoms with Gasteiger partial charge in [-0.1, -0.05) is 6.07 Å². The SMILES string of the molecule is NC(=O)CCNCC(=O)Nc1c(F)cccc1F. The lowest BCUT2D eigenvalue weighted by Gasteiger charge is -2.07. The molecule has 0 heterocycles. The van der Waals surface area contributed by atoms with Gasteiger partial charge in [-0.15, -0.1) is 0 Å². The third-order valence-corrected chi connectivity index (χ3v) is 2.06. The van der Waals surface area contributed by atoms with Gasteiger partial charge in [0.25, 0.3) is 0 Å². The van der Waals surface area contributed by atoms with E-state index in [0.29, 0.717) is 0 Å². The lowest BCUT2D eigenvalue weighted by atomic mass is 10.3. The summed E-state index contributed by atoms with van der Waals surface area (Å²) in [5.41, 5.74) is 4.41. The molecule has 98 valence electrons. The first-order valence-electron chi connectivity index (χ1n) is 5.23. The van der Waals surface area contributed by atoms with Crippen LogP contribution in [0.2, 0.25) is 0 Å². The van der Waals surface area contributed by atoms with E-state index in [-0.39, 0.29) is 19.5 Å². The van der Waals surface area contributed by atoms with Crippen molar-refractivity contribution < 1.29 is 18.4 Å². The van der Waals surface area contributed by atoms with Gasteiger partial charge in [0.1, 0.15) is 17.3 Å². The van der Waals surface area contributed by atoms with Gasteiger partial charge in [-0.3, -0.25) is 9.59 Å². The van der Waals surface area contributed by atoms with Crippen LogP contribution in [0.3, 0.4) is 0 Å². The number of amides is 2. The fourth-order valence-electron chi connectivity index (χ4n) is 1.21. The van der Waals surface area contributed by atoms with Gasteiger partial charge >= 0.3 is 0 Å². The summed E-state index contributed by atoms with van der Waals surface area (Å²) in [5, 5.41) is 4.72. The maximum absolute atomic E-state index is 13.2. The molecule has 0 bridgehead atoms. The molecule has 0 saturated carbocycles. The molecule has 0 saturated heterocycles. The van der Waals surface area contributed by atoms with Crippen molar-refractivity contribution in [3.63, 3.8) is 0 Å². The number of primary amides is 1. The predicted octanol–water partition coefficient (Wildman–Crippen LogP) is 0.368. The number of carbonyl (C=O) groups excluding carboxylic acids is 2. The molecule has 1 aromatic carbocycles. The van der Waals surface area contributed by atoms with E-state index in [1.807, 2.05) is 0 Å². The van der Waals surface area contributed by atoms with E-state index in [1.54, 1.807) is 0 Å². The molecule has 0 unspecified atom stereocenters. The Morgan fingerprint density at radius 1 is 1.22 bits per heavy atom. The summed E-state index contributed by atoms with van der Waals surface area (Å²) in [7, 11) is 0. The highest BCUT2D eigenvalue weighted by Crippen LogP contribution is 2.17. The molecule has 2 amide bonds. The normalized spacial score (nSPS) is 10.1. The molecular weight excluding hydrogens is 244 g/mol. The zero-order valence-corrected chi connectivity index (χ0v) is 9.50. The summed E-state index contributed by atoms with van der Waals surface area (Å²) < 4.78 is 26.3. The number of benzene rings is 1. The molecule has 0 fully saturated rings. The molecule has 1 rings (SSSR count). The molecule has 1 aromatic rings. The van der Waals surface area contributed by atoms with Crippen LogP contribution in [0.25, 0.3) is 0 Å². The summed E-state index contributed by atoms with van der Waals surface area (Å²) in [6.07, 6.45) is 0.0847. The number of halogens is 2. The van der Waals surface area contributed by atoms with E-state index in [9.17, 15) is 18.4 Å². The van der Waals surface area contributed by atoms with Crippen LogP contribution in [0.1, 0.15) is 6.42 Å². The second kappa shape index (κ2) is 6.65. The second-order valence-corrected chi connectivity index (χ2v) is 3.54. The van der Waals surface area contributed by atoms with Gasteiger partial charge in [0.15, 0.2) is 0 Å². The van der Waals surface area contributed by atoms with Crippen molar-refractivity contribution in [1.82, 2.24) is 5.32 Å². The summed E-state index contributed by atoms with van der Waals surface area (Å²) in [4.78, 5) is 21.7. The van der Waals surface area contributed by atoms with Crippen molar-refractivity contribution in [2.75, 3.05) is 18.4 Å². The van der Waals surface area contributed by atoms with Crippen LogP contribution in [-0.4, -0.2) is 24.9 Å². The monoisotopic (exact) mass is 257 g/mol. The van der Waals surface area contributed by atoms with Crippen LogP contribution in [0.4, 0.5) is 14.5 Å². The van der Waals surface area contributed by atoms with E-state index in [1.165, 1.54) is 6.07 Å². The number of rotatable bonds is 6. The van der Waals surface area contributed by atoms with E-state index in [4.69, 9.17) is 5.73 Å². The Labute approximate surface area is 102 Å². The van der Waals surface area contributed by atoms with Gasteiger partial charge < -0.3 is 16.4 Å². The zero-order chi connectivity index (χ0) is 13.5. The molecular formula is C11H13F2N3O2. The van der Waals surface area contributed by atoms with Crippen molar-refractivity contribution in [2.45, 2.75) is 6.42 Å². The number of hydrogen-bond donors (Lipinski definition) is 3. The summed E-state index contributed by atoms with van der Waals surface area (Å²) in [6, 6.07) is 3.28. The largest absolute Gasteiger partial charge is 0.370 e. The fraction of sp³-hybridized carbons (Fsp3) is 0.273. The lowest BCUT2D eigenvalue weighted by molar-refractivity contribution is -0.118. The van der Waals surface area contributed by atoms with E-state index < -0.39 is 29.1 Å². The Morgan fingerprint density at radius 3 is 2.39 bits per heavy atom. The van der Waals surface area contributed by atoms with Crippen molar-refractivity contribution in [3.8, 4) is 0 Å². The minimum Gasteiger partial charge on any atom is -0.370 e. The van der Waals surface area contributed by atoms with Crippen molar-refractivity contribution >= 4 is 17.5 Å². The van der Waals surface area contributed by atoms with Gasteiger partial charge in [-0.05, 0) is 12.1 Å². The Bertz CT molecular complexity index is 432. The predicted molar refractivity (Wildman–Crippen MR) is 61.7 cm³/mol. The quantitative estimate of drug-likeness (QED) is 0.644. The first-order chi connectivity index (χ1) is 8.50. The Kier molecular flexibility index (Phi) is 5.19. The van der Waals surface area contributed by atoms with E-state index >= 15 is 0 Å². The fourth-order valence-corrected chi connectivity index (χ4v) is 1.21. The highest BCUT2D eigenvalue weighted by atomic mass is 19.1. The van der Waals surface area contributed by atoms with E-state index in [0.717, 1.165) is 12.1 Å². The summed E-state index contributed by atoms with van der Waals surface area (Å²) >= 11 is 0. The number of nitrogens with one attached hydrogen (secondary N) is 2. The Hall–Kier alpha value is -2.02. The van der Waals surface area contributed by atoms with Crippen LogP contribution in [0.5, 0.6) is 0 Å². The molecule has 18 heavy (non-hydrogen) atoms. The van der Waals surface area contributed by atoms with Gasteiger partial charge in [-0.25, -0.2) is 8.78 Å². The third-order valence-electron chi connectivity index (χ3n) is 2.06. The number of anilines is 1.